The molecule has 0 aliphatic rings. The lowest BCUT2D eigenvalue weighted by Gasteiger charge is -2.14. The third kappa shape index (κ3) is 2.49. The van der Waals surface area contributed by atoms with Crippen molar-refractivity contribution >= 4 is 0 Å². The first-order valence-electron chi connectivity index (χ1n) is 4.45. The van der Waals surface area contributed by atoms with Crippen molar-refractivity contribution in [2.45, 2.75) is 12.3 Å². The van der Waals surface area contributed by atoms with Gasteiger partial charge < -0.3 is 10.8 Å². The van der Waals surface area contributed by atoms with E-state index in [1.165, 1.54) is 12.1 Å². The second-order valence-corrected chi connectivity index (χ2v) is 3.11. The molecule has 3 N–H and O–H groups in total. The predicted molar refractivity (Wildman–Crippen MR) is 49.9 cm³/mol. The average molecular weight is 201 g/mol. The zero-order chi connectivity index (χ0) is 10.6. The average Bonchev–Trinajstić information content (AvgIpc) is 2.15. The summed E-state index contributed by atoms with van der Waals surface area (Å²) in [4.78, 5) is 0. The summed E-state index contributed by atoms with van der Waals surface area (Å²) in [5.74, 6) is -1.46. The van der Waals surface area contributed by atoms with E-state index in [9.17, 15) is 8.78 Å². The highest BCUT2D eigenvalue weighted by atomic mass is 19.1. The van der Waals surface area contributed by atoms with Crippen molar-refractivity contribution in [1.29, 1.82) is 0 Å². The first kappa shape index (κ1) is 11.1. The lowest BCUT2D eigenvalue weighted by Crippen LogP contribution is -2.15. The van der Waals surface area contributed by atoms with Gasteiger partial charge >= 0.3 is 0 Å². The van der Waals surface area contributed by atoms with E-state index < -0.39 is 11.6 Å². The van der Waals surface area contributed by atoms with E-state index in [-0.39, 0.29) is 19.1 Å². The van der Waals surface area contributed by atoms with Crippen LogP contribution < -0.4 is 5.73 Å². The monoisotopic (exact) mass is 201 g/mol. The van der Waals surface area contributed by atoms with E-state index in [0.29, 0.717) is 12.0 Å². The van der Waals surface area contributed by atoms with Gasteiger partial charge in [0, 0.05) is 18.6 Å². The minimum absolute atomic E-state index is 0.0569. The summed E-state index contributed by atoms with van der Waals surface area (Å²) >= 11 is 0. The van der Waals surface area contributed by atoms with Crippen molar-refractivity contribution in [3.8, 4) is 0 Å². The minimum Gasteiger partial charge on any atom is -0.396 e. The molecule has 0 radical (unpaired) electrons. The normalized spacial score (nSPS) is 12.9. The summed E-state index contributed by atoms with van der Waals surface area (Å²) in [7, 11) is 0. The van der Waals surface area contributed by atoms with Crippen LogP contribution in [0.2, 0.25) is 0 Å². The second kappa shape index (κ2) is 5.02. The predicted octanol–water partition coefficient (Wildman–Crippen LogP) is 1.39. The van der Waals surface area contributed by atoms with Crippen molar-refractivity contribution in [2.24, 2.45) is 5.73 Å². The molecule has 0 aliphatic carbocycles. The number of halogens is 2. The van der Waals surface area contributed by atoms with Crippen LogP contribution in [0.25, 0.3) is 0 Å². The molecule has 0 bridgehead atoms. The number of nitrogens with two attached hydrogens (primary N) is 1. The Morgan fingerprint density at radius 1 is 1.36 bits per heavy atom. The van der Waals surface area contributed by atoms with Gasteiger partial charge in [0.2, 0.25) is 0 Å². The fourth-order valence-corrected chi connectivity index (χ4v) is 1.39. The summed E-state index contributed by atoms with van der Waals surface area (Å²) < 4.78 is 25.8. The smallest absolute Gasteiger partial charge is 0.129 e. The summed E-state index contributed by atoms with van der Waals surface area (Å²) in [6, 6.07) is 3.39. The number of hydrogen-bond acceptors (Lipinski definition) is 2. The van der Waals surface area contributed by atoms with Gasteiger partial charge in [-0.3, -0.25) is 0 Å². The van der Waals surface area contributed by atoms with Gasteiger partial charge in [-0.15, -0.1) is 0 Å². The second-order valence-electron chi connectivity index (χ2n) is 3.11. The van der Waals surface area contributed by atoms with Gasteiger partial charge in [0.25, 0.3) is 0 Å². The molecule has 0 heterocycles. The van der Waals surface area contributed by atoms with Crippen LogP contribution in [0.3, 0.4) is 0 Å². The Labute approximate surface area is 81.4 Å². The van der Waals surface area contributed by atoms with Gasteiger partial charge in [-0.25, -0.2) is 8.78 Å². The van der Waals surface area contributed by atoms with E-state index in [2.05, 4.69) is 0 Å². The first-order valence-corrected chi connectivity index (χ1v) is 4.45. The maximum atomic E-state index is 13.2. The molecular formula is C10H13F2NO. The molecule has 0 aromatic heterocycles. The molecule has 1 rings (SSSR count). The van der Waals surface area contributed by atoms with Gasteiger partial charge in [0.1, 0.15) is 11.6 Å². The Bertz CT molecular complexity index is 304. The molecule has 2 nitrogen and oxygen atoms in total. The van der Waals surface area contributed by atoms with Crippen LogP contribution in [0, 0.1) is 11.6 Å². The maximum Gasteiger partial charge on any atom is 0.129 e. The van der Waals surface area contributed by atoms with Crippen LogP contribution in [0.1, 0.15) is 17.9 Å². The Kier molecular flexibility index (Phi) is 3.98. The quantitative estimate of drug-likeness (QED) is 0.773. The Balaban J connectivity index is 2.92. The molecule has 4 heteroatoms. The summed E-state index contributed by atoms with van der Waals surface area (Å²) in [5.41, 5.74) is 5.79. The fraction of sp³-hybridized carbons (Fsp3) is 0.400. The molecule has 0 amide bonds. The van der Waals surface area contributed by atoms with Gasteiger partial charge in [0.15, 0.2) is 0 Å². The van der Waals surface area contributed by atoms with Crippen molar-refractivity contribution < 1.29 is 13.9 Å². The van der Waals surface area contributed by atoms with Crippen molar-refractivity contribution in [3.05, 3.63) is 35.4 Å². The molecule has 0 spiro atoms. The van der Waals surface area contributed by atoms with E-state index in [4.69, 9.17) is 10.8 Å². The molecule has 1 unspecified atom stereocenters. The van der Waals surface area contributed by atoms with Crippen LogP contribution in [0.15, 0.2) is 18.2 Å². The van der Waals surface area contributed by atoms with Gasteiger partial charge in [0.05, 0.1) is 0 Å². The molecule has 14 heavy (non-hydrogen) atoms. The fourth-order valence-electron chi connectivity index (χ4n) is 1.39. The first-order chi connectivity index (χ1) is 6.69. The number of aliphatic hydroxyl groups excluding tert-OH is 1. The number of hydrogen-bond donors (Lipinski definition) is 2. The molecule has 0 saturated carbocycles. The molecule has 78 valence electrons. The Hall–Kier alpha value is -1.00. The highest BCUT2D eigenvalue weighted by Crippen LogP contribution is 2.21. The third-order valence-corrected chi connectivity index (χ3v) is 2.16. The highest BCUT2D eigenvalue weighted by molar-refractivity contribution is 5.22. The van der Waals surface area contributed by atoms with Crippen LogP contribution in [0.5, 0.6) is 0 Å². The zero-order valence-corrected chi connectivity index (χ0v) is 7.71. The van der Waals surface area contributed by atoms with E-state index in [0.717, 1.165) is 6.07 Å². The van der Waals surface area contributed by atoms with Gasteiger partial charge in [-0.05, 0) is 24.6 Å². The molecule has 1 atom stereocenters. The van der Waals surface area contributed by atoms with Crippen molar-refractivity contribution in [2.75, 3.05) is 13.2 Å². The van der Waals surface area contributed by atoms with Gasteiger partial charge in [-0.1, -0.05) is 6.07 Å². The van der Waals surface area contributed by atoms with Crippen molar-refractivity contribution in [1.82, 2.24) is 0 Å². The summed E-state index contributed by atoms with van der Waals surface area (Å²) in [5, 5.41) is 8.72. The molecule has 1 aromatic rings. The molecular weight excluding hydrogens is 188 g/mol. The summed E-state index contributed by atoms with van der Waals surface area (Å²) in [6.45, 7) is 0.182. The Morgan fingerprint density at radius 3 is 2.57 bits per heavy atom. The molecule has 0 fully saturated rings. The standard InChI is InChI=1S/C10H13F2NO/c11-8-1-2-9(10(12)5-8)7(6-13)3-4-14/h1-2,5,7,14H,3-4,6,13H2. The van der Waals surface area contributed by atoms with Crippen LogP contribution in [0.4, 0.5) is 8.78 Å². The van der Waals surface area contributed by atoms with Crippen LogP contribution >= 0.6 is 0 Å². The van der Waals surface area contributed by atoms with E-state index in [1.54, 1.807) is 0 Å². The molecule has 0 aliphatic heterocycles. The number of rotatable bonds is 4. The van der Waals surface area contributed by atoms with Gasteiger partial charge in [-0.2, -0.15) is 0 Å². The Morgan fingerprint density at radius 2 is 2.07 bits per heavy atom. The van der Waals surface area contributed by atoms with E-state index in [1.807, 2.05) is 0 Å². The zero-order valence-electron chi connectivity index (χ0n) is 7.71. The molecule has 0 saturated heterocycles. The van der Waals surface area contributed by atoms with Crippen LogP contribution in [-0.2, 0) is 0 Å². The van der Waals surface area contributed by atoms with E-state index >= 15 is 0 Å². The van der Waals surface area contributed by atoms with Crippen molar-refractivity contribution in [3.63, 3.8) is 0 Å². The minimum atomic E-state index is -0.606. The SMILES string of the molecule is NCC(CCO)c1ccc(F)cc1F. The highest BCUT2D eigenvalue weighted by Gasteiger charge is 2.14. The summed E-state index contributed by atoms with van der Waals surface area (Å²) in [6.07, 6.45) is 0.388. The van der Waals surface area contributed by atoms with Crippen LogP contribution in [-0.4, -0.2) is 18.3 Å². The number of benzene rings is 1. The molecule has 1 aromatic carbocycles. The maximum absolute atomic E-state index is 13.2. The third-order valence-electron chi connectivity index (χ3n) is 2.16. The largest absolute Gasteiger partial charge is 0.396 e. The lowest BCUT2D eigenvalue weighted by molar-refractivity contribution is 0.275. The number of aliphatic hydroxyl groups is 1. The topological polar surface area (TPSA) is 46.2 Å². The lowest BCUT2D eigenvalue weighted by atomic mass is 9.96.